The van der Waals surface area contributed by atoms with E-state index in [0.717, 1.165) is 14.9 Å². The van der Waals surface area contributed by atoms with Crippen molar-refractivity contribution in [1.82, 2.24) is 0 Å². The molecule has 1 N–H and O–H groups in total. The van der Waals surface area contributed by atoms with Gasteiger partial charge in [0.05, 0.1) is 6.10 Å². The molecule has 0 saturated heterocycles. The first-order valence-electron chi connectivity index (χ1n) is 4.95. The third kappa shape index (κ3) is 3.55. The van der Waals surface area contributed by atoms with Crippen LogP contribution in [-0.4, -0.2) is 10.9 Å². The van der Waals surface area contributed by atoms with Gasteiger partial charge < -0.3 is 5.11 Å². The number of hydrogen-bond donors (Lipinski definition) is 1. The third-order valence-electron chi connectivity index (χ3n) is 2.21. The number of hydrogen-bond acceptors (Lipinski definition) is 3. The van der Waals surface area contributed by atoms with Crippen molar-refractivity contribution >= 4 is 39.0 Å². The smallest absolute Gasteiger partial charge is 0.124 e. The van der Waals surface area contributed by atoms with Crippen LogP contribution in [0.4, 0.5) is 4.39 Å². The Labute approximate surface area is 116 Å². The van der Waals surface area contributed by atoms with E-state index in [1.54, 1.807) is 17.4 Å². The molecule has 0 spiro atoms. The van der Waals surface area contributed by atoms with Crippen LogP contribution in [0.15, 0.2) is 44.4 Å². The van der Waals surface area contributed by atoms with Gasteiger partial charge >= 0.3 is 0 Å². The summed E-state index contributed by atoms with van der Waals surface area (Å²) in [7, 11) is 0. The van der Waals surface area contributed by atoms with Crippen LogP contribution in [-0.2, 0) is 0 Å². The van der Waals surface area contributed by atoms with Gasteiger partial charge in [0.15, 0.2) is 0 Å². The fourth-order valence-corrected chi connectivity index (χ4v) is 3.86. The van der Waals surface area contributed by atoms with E-state index in [1.165, 1.54) is 23.9 Å². The highest BCUT2D eigenvalue weighted by Crippen LogP contribution is 2.31. The molecule has 2 aromatic rings. The van der Waals surface area contributed by atoms with E-state index >= 15 is 0 Å². The molecule has 0 aliphatic carbocycles. The summed E-state index contributed by atoms with van der Waals surface area (Å²) in [4.78, 5) is 0.829. The zero-order valence-electron chi connectivity index (χ0n) is 8.77. The van der Waals surface area contributed by atoms with E-state index in [-0.39, 0.29) is 5.82 Å². The third-order valence-corrected chi connectivity index (χ3v) is 5.03. The minimum atomic E-state index is -0.538. The highest BCUT2D eigenvalue weighted by molar-refractivity contribution is 9.10. The van der Waals surface area contributed by atoms with Gasteiger partial charge in [0.1, 0.15) is 5.82 Å². The van der Waals surface area contributed by atoms with Gasteiger partial charge in [-0.25, -0.2) is 4.39 Å². The Balaban J connectivity index is 1.97. The molecular weight excluding hydrogens is 323 g/mol. The Bertz CT molecular complexity index is 501. The number of halogens is 2. The molecule has 2 rings (SSSR count). The fourth-order valence-electron chi connectivity index (χ4n) is 1.35. The van der Waals surface area contributed by atoms with Crippen molar-refractivity contribution in [3.63, 3.8) is 0 Å². The van der Waals surface area contributed by atoms with Crippen molar-refractivity contribution in [2.45, 2.75) is 11.0 Å². The molecule has 0 aliphatic heterocycles. The Morgan fingerprint density at radius 1 is 1.41 bits per heavy atom. The summed E-state index contributed by atoms with van der Waals surface area (Å²) in [5, 5.41) is 13.8. The number of thioether (sulfide) groups is 1. The SMILES string of the molecule is OC(CSc1cccc(F)c1)c1cscc1Br. The van der Waals surface area contributed by atoms with E-state index in [9.17, 15) is 9.50 Å². The minimum absolute atomic E-state index is 0.249. The van der Waals surface area contributed by atoms with Crippen LogP contribution in [0.5, 0.6) is 0 Å². The van der Waals surface area contributed by atoms with Gasteiger partial charge in [-0.1, -0.05) is 6.07 Å². The van der Waals surface area contributed by atoms with Crippen molar-refractivity contribution in [2.75, 3.05) is 5.75 Å². The Kier molecular flexibility index (Phi) is 4.62. The first-order valence-corrected chi connectivity index (χ1v) is 7.67. The molecule has 0 aliphatic rings. The maximum Gasteiger partial charge on any atom is 0.124 e. The lowest BCUT2D eigenvalue weighted by Crippen LogP contribution is -1.99. The van der Waals surface area contributed by atoms with Crippen molar-refractivity contribution in [3.05, 3.63) is 50.9 Å². The average Bonchev–Trinajstić information content (AvgIpc) is 2.72. The topological polar surface area (TPSA) is 20.2 Å². The molecule has 1 aromatic carbocycles. The summed E-state index contributed by atoms with van der Waals surface area (Å²) >= 11 is 6.37. The van der Waals surface area contributed by atoms with Crippen LogP contribution in [0.1, 0.15) is 11.7 Å². The van der Waals surface area contributed by atoms with Crippen molar-refractivity contribution in [2.24, 2.45) is 0 Å². The van der Waals surface area contributed by atoms with Crippen LogP contribution >= 0.6 is 39.0 Å². The van der Waals surface area contributed by atoms with Gasteiger partial charge in [0.25, 0.3) is 0 Å². The molecule has 1 nitrogen and oxygen atoms in total. The van der Waals surface area contributed by atoms with E-state index in [2.05, 4.69) is 15.9 Å². The molecule has 1 atom stereocenters. The molecular formula is C12H10BrFOS2. The Morgan fingerprint density at radius 3 is 2.88 bits per heavy atom. The maximum absolute atomic E-state index is 12.9. The number of aliphatic hydroxyl groups excluding tert-OH is 1. The highest BCUT2D eigenvalue weighted by Gasteiger charge is 2.12. The van der Waals surface area contributed by atoms with E-state index in [4.69, 9.17) is 0 Å². The minimum Gasteiger partial charge on any atom is -0.387 e. The highest BCUT2D eigenvalue weighted by atomic mass is 79.9. The van der Waals surface area contributed by atoms with Crippen molar-refractivity contribution in [3.8, 4) is 0 Å². The second-order valence-electron chi connectivity index (χ2n) is 3.46. The molecule has 0 fully saturated rings. The summed E-state index contributed by atoms with van der Waals surface area (Å²) in [6.07, 6.45) is -0.538. The molecule has 90 valence electrons. The van der Waals surface area contributed by atoms with Crippen LogP contribution in [0.3, 0.4) is 0 Å². The fraction of sp³-hybridized carbons (Fsp3) is 0.167. The normalized spacial score (nSPS) is 12.6. The number of rotatable bonds is 4. The van der Waals surface area contributed by atoms with E-state index < -0.39 is 6.10 Å². The molecule has 0 radical (unpaired) electrons. The van der Waals surface area contributed by atoms with Crippen molar-refractivity contribution in [1.29, 1.82) is 0 Å². The zero-order chi connectivity index (χ0) is 12.3. The van der Waals surface area contributed by atoms with Gasteiger partial charge in [-0.05, 0) is 39.5 Å². The monoisotopic (exact) mass is 332 g/mol. The number of benzene rings is 1. The van der Waals surface area contributed by atoms with Gasteiger partial charge in [-0.2, -0.15) is 11.3 Å². The maximum atomic E-state index is 12.9. The van der Waals surface area contributed by atoms with Gasteiger partial charge in [-0.15, -0.1) is 11.8 Å². The van der Waals surface area contributed by atoms with E-state index in [1.807, 2.05) is 16.8 Å². The van der Waals surface area contributed by atoms with Gasteiger partial charge in [0.2, 0.25) is 0 Å². The van der Waals surface area contributed by atoms with Crippen LogP contribution < -0.4 is 0 Å². The van der Waals surface area contributed by atoms with Crippen molar-refractivity contribution < 1.29 is 9.50 Å². The second-order valence-corrected chi connectivity index (χ2v) is 6.15. The molecule has 1 unspecified atom stereocenters. The predicted octanol–water partition coefficient (Wildman–Crippen LogP) is 4.48. The molecule has 1 aromatic heterocycles. The second kappa shape index (κ2) is 6.00. The lowest BCUT2D eigenvalue weighted by molar-refractivity contribution is 0.204. The molecule has 0 bridgehead atoms. The zero-order valence-corrected chi connectivity index (χ0v) is 12.0. The Morgan fingerprint density at radius 2 is 2.24 bits per heavy atom. The standard InChI is InChI=1S/C12H10BrFOS2/c13-11-6-16-5-10(11)12(15)7-17-9-3-1-2-8(14)4-9/h1-6,12,15H,7H2. The lowest BCUT2D eigenvalue weighted by atomic mass is 10.2. The van der Waals surface area contributed by atoms with Gasteiger partial charge in [-0.3, -0.25) is 0 Å². The summed E-state index contributed by atoms with van der Waals surface area (Å²) in [6, 6.07) is 6.39. The van der Waals surface area contributed by atoms with Crippen LogP contribution in [0.2, 0.25) is 0 Å². The number of aliphatic hydroxyl groups is 1. The molecule has 1 heterocycles. The lowest BCUT2D eigenvalue weighted by Gasteiger charge is -2.09. The van der Waals surface area contributed by atoms with E-state index in [0.29, 0.717) is 5.75 Å². The first kappa shape index (κ1) is 13.1. The molecule has 17 heavy (non-hydrogen) atoms. The summed E-state index contributed by atoms with van der Waals surface area (Å²) in [6.45, 7) is 0. The van der Waals surface area contributed by atoms with Crippen LogP contribution in [0, 0.1) is 5.82 Å². The molecule has 0 saturated carbocycles. The quantitative estimate of drug-likeness (QED) is 0.833. The Hall–Kier alpha value is -0.360. The largest absolute Gasteiger partial charge is 0.387 e. The summed E-state index contributed by atoms with van der Waals surface area (Å²) < 4.78 is 13.9. The summed E-state index contributed by atoms with van der Waals surface area (Å²) in [5.41, 5.74) is 0.888. The predicted molar refractivity (Wildman–Crippen MR) is 74.1 cm³/mol. The first-order chi connectivity index (χ1) is 8.16. The molecule has 5 heteroatoms. The summed E-state index contributed by atoms with van der Waals surface area (Å²) in [5.74, 6) is 0.264. The number of thiophene rings is 1. The molecule has 0 amide bonds. The average molecular weight is 333 g/mol. The van der Waals surface area contributed by atoms with Gasteiger partial charge in [0, 0.05) is 26.1 Å². The van der Waals surface area contributed by atoms with Crippen LogP contribution in [0.25, 0.3) is 0 Å².